The zero-order chi connectivity index (χ0) is 7.28. The van der Waals surface area contributed by atoms with E-state index in [9.17, 15) is 0 Å². The molecule has 0 amide bonds. The fourth-order valence-corrected chi connectivity index (χ4v) is 0.353. The van der Waals surface area contributed by atoms with Gasteiger partial charge in [-0.25, -0.2) is 0 Å². The highest BCUT2D eigenvalue weighted by Gasteiger charge is 2.02. The van der Waals surface area contributed by atoms with E-state index in [0.717, 1.165) is 0 Å². The van der Waals surface area contributed by atoms with E-state index in [0.29, 0.717) is 5.57 Å². The Kier molecular flexibility index (Phi) is 3.51. The Bertz CT molecular complexity index is 146. The maximum absolute atomic E-state index is 8.50. The summed E-state index contributed by atoms with van der Waals surface area (Å²) in [4.78, 5) is 2.53. The first kappa shape index (κ1) is 8.01. The van der Waals surface area contributed by atoms with Gasteiger partial charge in [-0.1, -0.05) is 17.3 Å². The van der Waals surface area contributed by atoms with Crippen molar-refractivity contribution in [3.63, 3.8) is 0 Å². The molecule has 1 unspecified atom stereocenters. The van der Waals surface area contributed by atoms with Gasteiger partial charge in [0.2, 0.25) is 0 Å². The molecule has 0 rings (SSSR count). The summed E-state index contributed by atoms with van der Waals surface area (Å²) in [6.07, 6.45) is 0. The van der Waals surface area contributed by atoms with Crippen LogP contribution in [0.3, 0.4) is 0 Å². The molecule has 0 aromatic rings. The van der Waals surface area contributed by atoms with Gasteiger partial charge in [0.25, 0.3) is 0 Å². The van der Waals surface area contributed by atoms with Crippen molar-refractivity contribution in [2.24, 2.45) is 5.11 Å². The fraction of sp³-hybridized carbons (Fsp3) is 0.600. The van der Waals surface area contributed by atoms with E-state index in [1.165, 1.54) is 0 Å². The van der Waals surface area contributed by atoms with Gasteiger partial charge < -0.3 is 5.11 Å². The van der Waals surface area contributed by atoms with Gasteiger partial charge in [-0.2, -0.15) is 0 Å². The Morgan fingerprint density at radius 3 is 2.67 bits per heavy atom. The van der Waals surface area contributed by atoms with E-state index in [1.54, 1.807) is 6.92 Å². The van der Waals surface area contributed by atoms with Crippen LogP contribution in [0.2, 0.25) is 0 Å². The minimum atomic E-state index is -0.463. The predicted octanol–water partition coefficient (Wildman–Crippen LogP) is 1.23. The summed E-state index contributed by atoms with van der Waals surface area (Å²) in [5, 5.41) is 11.8. The van der Waals surface area contributed by atoms with E-state index >= 15 is 0 Å². The highest BCUT2D eigenvalue weighted by atomic mass is 16.3. The van der Waals surface area contributed by atoms with Crippen molar-refractivity contribution in [3.05, 3.63) is 22.6 Å². The van der Waals surface area contributed by atoms with E-state index in [2.05, 4.69) is 16.6 Å². The van der Waals surface area contributed by atoms with Gasteiger partial charge >= 0.3 is 0 Å². The van der Waals surface area contributed by atoms with Crippen molar-refractivity contribution in [2.75, 3.05) is 6.61 Å². The molecule has 0 aliphatic rings. The number of hydrogen-bond donors (Lipinski definition) is 1. The third kappa shape index (κ3) is 2.74. The van der Waals surface area contributed by atoms with Crippen molar-refractivity contribution < 1.29 is 5.11 Å². The Hall–Kier alpha value is -0.990. The average molecular weight is 127 g/mol. The van der Waals surface area contributed by atoms with Crippen LogP contribution in [0, 0.1) is 0 Å². The number of aliphatic hydroxyl groups is 1. The summed E-state index contributed by atoms with van der Waals surface area (Å²) >= 11 is 0. The summed E-state index contributed by atoms with van der Waals surface area (Å²) in [5.74, 6) is 0. The minimum Gasteiger partial charge on any atom is -0.396 e. The van der Waals surface area contributed by atoms with Crippen LogP contribution in [0.4, 0.5) is 0 Å². The highest BCUT2D eigenvalue weighted by molar-refractivity contribution is 5.01. The molecule has 0 radical (unpaired) electrons. The standard InChI is InChI=1S/C5H9N3O/c1-4(2)5(3-9)7-8-6/h5,9H,1,3H2,2H3. The first-order chi connectivity index (χ1) is 4.22. The number of aliphatic hydroxyl groups excluding tert-OH is 1. The normalized spacial score (nSPS) is 11.8. The number of nitrogens with zero attached hydrogens (tertiary/aromatic N) is 3. The summed E-state index contributed by atoms with van der Waals surface area (Å²) < 4.78 is 0. The molecule has 1 N–H and O–H groups in total. The third-order valence-electron chi connectivity index (χ3n) is 0.933. The molecule has 1 atom stereocenters. The molecule has 0 fully saturated rings. The molecular formula is C5H9N3O. The van der Waals surface area contributed by atoms with Gasteiger partial charge in [-0.05, 0) is 12.5 Å². The van der Waals surface area contributed by atoms with Crippen molar-refractivity contribution >= 4 is 0 Å². The van der Waals surface area contributed by atoms with Gasteiger partial charge in [-0.3, -0.25) is 0 Å². The van der Waals surface area contributed by atoms with Gasteiger partial charge in [0, 0.05) is 4.91 Å². The largest absolute Gasteiger partial charge is 0.396 e. The first-order valence-corrected chi connectivity index (χ1v) is 2.52. The Labute approximate surface area is 53.4 Å². The predicted molar refractivity (Wildman–Crippen MR) is 34.8 cm³/mol. The topological polar surface area (TPSA) is 69.0 Å². The Morgan fingerprint density at radius 1 is 2.00 bits per heavy atom. The summed E-state index contributed by atoms with van der Waals surface area (Å²) in [6, 6.07) is -0.463. The quantitative estimate of drug-likeness (QED) is 0.263. The molecule has 0 aliphatic heterocycles. The molecule has 0 aliphatic carbocycles. The van der Waals surface area contributed by atoms with Crippen LogP contribution in [0.25, 0.3) is 10.4 Å². The molecule has 50 valence electrons. The van der Waals surface area contributed by atoms with Crippen LogP contribution >= 0.6 is 0 Å². The zero-order valence-electron chi connectivity index (χ0n) is 5.28. The monoisotopic (exact) mass is 127 g/mol. The second-order valence-electron chi connectivity index (χ2n) is 1.75. The second kappa shape index (κ2) is 3.95. The summed E-state index contributed by atoms with van der Waals surface area (Å²) in [7, 11) is 0. The third-order valence-corrected chi connectivity index (χ3v) is 0.933. The summed E-state index contributed by atoms with van der Waals surface area (Å²) in [5.41, 5.74) is 8.60. The highest BCUT2D eigenvalue weighted by Crippen LogP contribution is 2.01. The average Bonchev–Trinajstić information content (AvgIpc) is 1.82. The van der Waals surface area contributed by atoms with Gasteiger partial charge in [0.15, 0.2) is 0 Å². The minimum absolute atomic E-state index is 0.167. The van der Waals surface area contributed by atoms with Crippen molar-refractivity contribution in [1.82, 2.24) is 0 Å². The van der Waals surface area contributed by atoms with Crippen molar-refractivity contribution in [3.8, 4) is 0 Å². The van der Waals surface area contributed by atoms with Gasteiger partial charge in [0.1, 0.15) is 0 Å². The van der Waals surface area contributed by atoms with E-state index in [1.807, 2.05) is 0 Å². The first-order valence-electron chi connectivity index (χ1n) is 2.52. The SMILES string of the molecule is C=C(C)C(CO)N=[N+]=[N-]. The molecule has 0 aromatic heterocycles. The van der Waals surface area contributed by atoms with E-state index < -0.39 is 6.04 Å². The zero-order valence-corrected chi connectivity index (χ0v) is 5.28. The number of hydrogen-bond acceptors (Lipinski definition) is 2. The molecule has 0 saturated heterocycles. The Morgan fingerprint density at radius 2 is 2.56 bits per heavy atom. The van der Waals surface area contributed by atoms with Crippen LogP contribution in [0.1, 0.15) is 6.92 Å². The molecule has 0 saturated carbocycles. The molecule has 0 spiro atoms. The van der Waals surface area contributed by atoms with Crippen LogP contribution in [0.5, 0.6) is 0 Å². The van der Waals surface area contributed by atoms with Gasteiger partial charge in [0.05, 0.1) is 12.6 Å². The molecule has 9 heavy (non-hydrogen) atoms. The second-order valence-corrected chi connectivity index (χ2v) is 1.75. The Balaban J connectivity index is 3.98. The summed E-state index contributed by atoms with van der Waals surface area (Å²) in [6.45, 7) is 5.06. The van der Waals surface area contributed by atoms with Crippen LogP contribution in [-0.2, 0) is 0 Å². The van der Waals surface area contributed by atoms with Gasteiger partial charge in [-0.15, -0.1) is 0 Å². The maximum atomic E-state index is 8.50. The van der Waals surface area contributed by atoms with Crippen LogP contribution in [-0.4, -0.2) is 17.8 Å². The number of azide groups is 1. The molecule has 4 heteroatoms. The maximum Gasteiger partial charge on any atom is 0.0810 e. The smallest absolute Gasteiger partial charge is 0.0810 e. The van der Waals surface area contributed by atoms with Crippen LogP contribution < -0.4 is 0 Å². The van der Waals surface area contributed by atoms with E-state index in [4.69, 9.17) is 10.6 Å². The molecule has 0 aromatic carbocycles. The number of rotatable bonds is 3. The van der Waals surface area contributed by atoms with Crippen molar-refractivity contribution in [1.29, 1.82) is 0 Å². The van der Waals surface area contributed by atoms with Crippen LogP contribution in [0.15, 0.2) is 17.3 Å². The molecule has 4 nitrogen and oxygen atoms in total. The van der Waals surface area contributed by atoms with E-state index in [-0.39, 0.29) is 6.61 Å². The molecular weight excluding hydrogens is 118 g/mol. The molecule has 0 heterocycles. The van der Waals surface area contributed by atoms with Crippen molar-refractivity contribution in [2.45, 2.75) is 13.0 Å². The lowest BCUT2D eigenvalue weighted by atomic mass is 10.2. The lowest BCUT2D eigenvalue weighted by Gasteiger charge is -2.03. The lowest BCUT2D eigenvalue weighted by molar-refractivity contribution is 0.279. The molecule has 0 bridgehead atoms. The lowest BCUT2D eigenvalue weighted by Crippen LogP contribution is -2.09. The fourth-order valence-electron chi connectivity index (χ4n) is 0.353.